The second-order valence-corrected chi connectivity index (χ2v) is 4.68. The summed E-state index contributed by atoms with van der Waals surface area (Å²) in [4.78, 5) is 22.9. The minimum absolute atomic E-state index is 0.0256. The fourth-order valence-electron chi connectivity index (χ4n) is 1.51. The van der Waals surface area contributed by atoms with Gasteiger partial charge in [-0.1, -0.05) is 30.1 Å². The molecule has 0 saturated carbocycles. The van der Waals surface area contributed by atoms with Crippen LogP contribution in [0.1, 0.15) is 30.6 Å². The number of carbonyl (C=O) groups excluding carboxylic acids is 1. The largest absolute Gasteiger partial charge is 0.478 e. The maximum absolute atomic E-state index is 11.7. The number of carboxylic acids is 1. The molecular weight excluding hydrogens is 307 g/mol. The highest BCUT2D eigenvalue weighted by molar-refractivity contribution is 6.36. The second-order valence-electron chi connectivity index (χ2n) is 3.84. The van der Waals surface area contributed by atoms with Crippen LogP contribution in [0, 0.1) is 0 Å². The molecule has 0 amide bonds. The number of halogens is 2. The summed E-state index contributed by atoms with van der Waals surface area (Å²) in [6.45, 7) is 3.59. The maximum Gasteiger partial charge on any atom is 0.347 e. The van der Waals surface area contributed by atoms with Crippen LogP contribution in [-0.4, -0.2) is 29.8 Å². The summed E-state index contributed by atoms with van der Waals surface area (Å²) in [7, 11) is 0. The van der Waals surface area contributed by atoms with Crippen molar-refractivity contribution >= 4 is 35.1 Å². The van der Waals surface area contributed by atoms with E-state index in [-0.39, 0.29) is 28.0 Å². The maximum atomic E-state index is 11.7. The Morgan fingerprint density at radius 2 is 1.95 bits per heavy atom. The fourth-order valence-corrected chi connectivity index (χ4v) is 2.05. The van der Waals surface area contributed by atoms with Gasteiger partial charge in [0.05, 0.1) is 11.6 Å². The summed E-state index contributed by atoms with van der Waals surface area (Å²) in [5.74, 6) is -1.91. The van der Waals surface area contributed by atoms with E-state index >= 15 is 0 Å². The summed E-state index contributed by atoms with van der Waals surface area (Å²) in [6.07, 6.45) is -0.608. The zero-order chi connectivity index (χ0) is 15.3. The summed E-state index contributed by atoms with van der Waals surface area (Å²) in [5.41, 5.74) is -0.203. The molecule has 0 heterocycles. The molecule has 0 aliphatic rings. The van der Waals surface area contributed by atoms with Crippen LogP contribution in [0.3, 0.4) is 0 Å². The molecule has 1 unspecified atom stereocenters. The molecule has 0 bridgehead atoms. The van der Waals surface area contributed by atoms with Crippen LogP contribution in [0.2, 0.25) is 10.0 Å². The summed E-state index contributed by atoms with van der Waals surface area (Å²) in [6, 6.07) is 2.56. The lowest BCUT2D eigenvalue weighted by Crippen LogP contribution is -2.29. The van der Waals surface area contributed by atoms with E-state index < -0.39 is 18.0 Å². The lowest BCUT2D eigenvalue weighted by molar-refractivity contribution is -0.151. The van der Waals surface area contributed by atoms with E-state index in [0.717, 1.165) is 0 Å². The van der Waals surface area contributed by atoms with E-state index in [9.17, 15) is 9.59 Å². The fraction of sp³-hybridized carbons (Fsp3) is 0.385. The molecule has 1 rings (SSSR count). The normalized spacial score (nSPS) is 11.8. The van der Waals surface area contributed by atoms with Crippen molar-refractivity contribution in [1.29, 1.82) is 0 Å². The van der Waals surface area contributed by atoms with Gasteiger partial charge in [-0.25, -0.2) is 9.59 Å². The number of ether oxygens (including phenoxy) is 2. The molecule has 0 aliphatic heterocycles. The SMILES string of the molecule is CCOC(=O)C(CC)Oc1c(Cl)cc(Cl)cc1C(=O)O. The molecule has 0 aliphatic carbocycles. The Morgan fingerprint density at radius 1 is 1.30 bits per heavy atom. The number of carbonyl (C=O) groups is 2. The van der Waals surface area contributed by atoms with Gasteiger partial charge in [0.1, 0.15) is 5.56 Å². The number of carboxylic acid groups (broad SMARTS) is 1. The number of esters is 1. The van der Waals surface area contributed by atoms with Crippen LogP contribution in [0.5, 0.6) is 5.75 Å². The van der Waals surface area contributed by atoms with Crippen molar-refractivity contribution < 1.29 is 24.2 Å². The molecule has 1 aromatic rings. The number of benzene rings is 1. The lowest BCUT2D eigenvalue weighted by atomic mass is 10.2. The molecule has 110 valence electrons. The highest BCUT2D eigenvalue weighted by atomic mass is 35.5. The third-order valence-electron chi connectivity index (χ3n) is 2.42. The molecule has 0 spiro atoms. The Bertz CT molecular complexity index is 516. The Kier molecular flexibility index (Phi) is 6.10. The van der Waals surface area contributed by atoms with Crippen LogP contribution in [0.25, 0.3) is 0 Å². The van der Waals surface area contributed by atoms with Gasteiger partial charge >= 0.3 is 11.9 Å². The molecule has 7 heteroatoms. The minimum Gasteiger partial charge on any atom is -0.478 e. The zero-order valence-corrected chi connectivity index (χ0v) is 12.5. The smallest absolute Gasteiger partial charge is 0.347 e. The van der Waals surface area contributed by atoms with Crippen LogP contribution in [-0.2, 0) is 9.53 Å². The quantitative estimate of drug-likeness (QED) is 0.813. The van der Waals surface area contributed by atoms with Crippen molar-refractivity contribution in [1.82, 2.24) is 0 Å². The van der Waals surface area contributed by atoms with E-state index in [1.807, 2.05) is 0 Å². The summed E-state index contributed by atoms with van der Waals surface area (Å²) < 4.78 is 10.3. The number of hydrogen-bond donors (Lipinski definition) is 1. The van der Waals surface area contributed by atoms with Gasteiger partial charge in [0.2, 0.25) is 0 Å². The molecular formula is C13H14Cl2O5. The van der Waals surface area contributed by atoms with Gasteiger partial charge in [-0.15, -0.1) is 0 Å². The Labute approximate surface area is 126 Å². The number of aromatic carboxylic acids is 1. The van der Waals surface area contributed by atoms with Gasteiger partial charge in [-0.3, -0.25) is 0 Å². The van der Waals surface area contributed by atoms with E-state index in [0.29, 0.717) is 6.42 Å². The van der Waals surface area contributed by atoms with Gasteiger partial charge in [-0.2, -0.15) is 0 Å². The summed E-state index contributed by atoms with van der Waals surface area (Å²) >= 11 is 11.7. The van der Waals surface area contributed by atoms with Crippen molar-refractivity contribution in [3.63, 3.8) is 0 Å². The first-order valence-electron chi connectivity index (χ1n) is 5.96. The van der Waals surface area contributed by atoms with Gasteiger partial charge < -0.3 is 14.6 Å². The molecule has 0 saturated heterocycles. The third kappa shape index (κ3) is 4.02. The van der Waals surface area contributed by atoms with Crippen molar-refractivity contribution in [3.8, 4) is 5.75 Å². The number of rotatable bonds is 6. The predicted molar refractivity (Wildman–Crippen MR) is 74.8 cm³/mol. The molecule has 5 nitrogen and oxygen atoms in total. The molecule has 1 aromatic carbocycles. The molecule has 0 radical (unpaired) electrons. The van der Waals surface area contributed by atoms with Crippen molar-refractivity contribution in [2.24, 2.45) is 0 Å². The molecule has 1 atom stereocenters. The molecule has 20 heavy (non-hydrogen) atoms. The molecule has 0 fully saturated rings. The van der Waals surface area contributed by atoms with Gasteiger partial charge in [0.15, 0.2) is 11.9 Å². The topological polar surface area (TPSA) is 72.8 Å². The van der Waals surface area contributed by atoms with E-state index in [1.165, 1.54) is 12.1 Å². The Morgan fingerprint density at radius 3 is 2.45 bits per heavy atom. The van der Waals surface area contributed by atoms with E-state index in [1.54, 1.807) is 13.8 Å². The Hall–Kier alpha value is -1.46. The predicted octanol–water partition coefficient (Wildman–Crippen LogP) is 3.41. The van der Waals surface area contributed by atoms with Gasteiger partial charge in [0, 0.05) is 5.02 Å². The lowest BCUT2D eigenvalue weighted by Gasteiger charge is -2.18. The van der Waals surface area contributed by atoms with Gasteiger partial charge in [-0.05, 0) is 25.5 Å². The first-order chi connectivity index (χ1) is 9.40. The third-order valence-corrected chi connectivity index (χ3v) is 2.92. The number of hydrogen-bond acceptors (Lipinski definition) is 4. The van der Waals surface area contributed by atoms with Crippen LogP contribution >= 0.6 is 23.2 Å². The first-order valence-corrected chi connectivity index (χ1v) is 6.71. The van der Waals surface area contributed by atoms with Crippen molar-refractivity contribution in [2.75, 3.05) is 6.61 Å². The van der Waals surface area contributed by atoms with Crippen LogP contribution in [0.15, 0.2) is 12.1 Å². The Balaban J connectivity index is 3.12. The highest BCUT2D eigenvalue weighted by Gasteiger charge is 2.24. The molecule has 1 N–H and O–H groups in total. The van der Waals surface area contributed by atoms with Crippen LogP contribution < -0.4 is 4.74 Å². The van der Waals surface area contributed by atoms with Crippen LogP contribution in [0.4, 0.5) is 0 Å². The molecule has 0 aromatic heterocycles. The second kappa shape index (κ2) is 7.36. The average Bonchev–Trinajstić information content (AvgIpc) is 2.37. The van der Waals surface area contributed by atoms with E-state index in [4.69, 9.17) is 37.8 Å². The zero-order valence-electron chi connectivity index (χ0n) is 11.0. The summed E-state index contributed by atoms with van der Waals surface area (Å²) in [5, 5.41) is 9.32. The first kappa shape index (κ1) is 16.6. The van der Waals surface area contributed by atoms with Crippen molar-refractivity contribution in [3.05, 3.63) is 27.7 Å². The monoisotopic (exact) mass is 320 g/mol. The standard InChI is InChI=1S/C13H14Cl2O5/c1-3-10(13(18)19-4-2)20-11-8(12(16)17)5-7(14)6-9(11)15/h5-6,10H,3-4H2,1-2H3,(H,16,17). The highest BCUT2D eigenvalue weighted by Crippen LogP contribution is 2.33. The van der Waals surface area contributed by atoms with Gasteiger partial charge in [0.25, 0.3) is 0 Å². The van der Waals surface area contributed by atoms with Crippen molar-refractivity contribution in [2.45, 2.75) is 26.4 Å². The van der Waals surface area contributed by atoms with E-state index in [2.05, 4.69) is 0 Å². The minimum atomic E-state index is -1.25. The average molecular weight is 321 g/mol.